The molecule has 2 rings (SSSR count). The summed E-state index contributed by atoms with van der Waals surface area (Å²) < 4.78 is 21.0. The van der Waals surface area contributed by atoms with Crippen LogP contribution in [0.15, 0.2) is 18.2 Å². The van der Waals surface area contributed by atoms with E-state index in [1.165, 1.54) is 18.2 Å². The fraction of sp³-hybridized carbons (Fsp3) is 0.375. The predicted octanol–water partition coefficient (Wildman–Crippen LogP) is 2.80. The van der Waals surface area contributed by atoms with Crippen molar-refractivity contribution >= 4 is 0 Å². The van der Waals surface area contributed by atoms with E-state index in [0.29, 0.717) is 30.9 Å². The van der Waals surface area contributed by atoms with Crippen molar-refractivity contribution in [3.05, 3.63) is 41.0 Å². The van der Waals surface area contributed by atoms with Crippen LogP contribution in [0.3, 0.4) is 0 Å². The van der Waals surface area contributed by atoms with Gasteiger partial charge in [0.2, 0.25) is 0 Å². The number of ether oxygens (including phenoxy) is 1. The Hall–Kier alpha value is -2.39. The van der Waals surface area contributed by atoms with Gasteiger partial charge in [-0.1, -0.05) is 13.8 Å². The van der Waals surface area contributed by atoms with Crippen LogP contribution in [-0.4, -0.2) is 21.5 Å². The van der Waals surface area contributed by atoms with Crippen LogP contribution in [0.4, 0.5) is 4.39 Å². The van der Waals surface area contributed by atoms with E-state index in [4.69, 9.17) is 15.1 Å². The molecule has 0 aliphatic carbocycles. The van der Waals surface area contributed by atoms with Crippen LogP contribution >= 0.6 is 0 Å². The molecule has 1 aromatic heterocycles. The van der Waals surface area contributed by atoms with Crippen LogP contribution < -0.4 is 4.74 Å². The summed E-state index contributed by atoms with van der Waals surface area (Å²) in [6.45, 7) is 4.32. The second-order valence-corrected chi connectivity index (χ2v) is 4.73. The number of nitrogens with zero attached hydrogens (tertiary/aromatic N) is 3. The summed E-state index contributed by atoms with van der Waals surface area (Å²) in [5, 5.41) is 22.5. The number of aryl methyl sites for hydroxylation is 1. The van der Waals surface area contributed by atoms with E-state index in [2.05, 4.69) is 5.10 Å². The maximum absolute atomic E-state index is 13.4. The number of halogens is 1. The first-order valence-corrected chi connectivity index (χ1v) is 7.21. The average molecular weight is 303 g/mol. The Morgan fingerprint density at radius 2 is 2.14 bits per heavy atom. The molecule has 0 amide bonds. The Labute approximate surface area is 128 Å². The van der Waals surface area contributed by atoms with Crippen molar-refractivity contribution in [3.8, 4) is 17.6 Å². The summed E-state index contributed by atoms with van der Waals surface area (Å²) in [6, 6.07) is 5.86. The largest absolute Gasteiger partial charge is 0.453 e. The van der Waals surface area contributed by atoms with Gasteiger partial charge in [-0.3, -0.25) is 4.68 Å². The van der Waals surface area contributed by atoms with Crippen molar-refractivity contribution in [1.82, 2.24) is 9.78 Å². The highest BCUT2D eigenvalue weighted by Gasteiger charge is 2.18. The van der Waals surface area contributed by atoms with Gasteiger partial charge in [-0.2, -0.15) is 10.4 Å². The fourth-order valence-electron chi connectivity index (χ4n) is 2.28. The summed E-state index contributed by atoms with van der Waals surface area (Å²) in [4.78, 5) is 0. The molecule has 2 aromatic rings. The number of nitriles is 1. The molecule has 1 heterocycles. The second kappa shape index (κ2) is 7.05. The average Bonchev–Trinajstić information content (AvgIpc) is 2.86. The normalized spacial score (nSPS) is 10.5. The lowest BCUT2D eigenvalue weighted by Gasteiger charge is -2.09. The molecule has 1 N–H and O–H groups in total. The van der Waals surface area contributed by atoms with Crippen molar-refractivity contribution in [3.63, 3.8) is 0 Å². The zero-order valence-electron chi connectivity index (χ0n) is 12.6. The van der Waals surface area contributed by atoms with Crippen molar-refractivity contribution in [2.45, 2.75) is 33.2 Å². The highest BCUT2D eigenvalue weighted by Crippen LogP contribution is 2.31. The summed E-state index contributed by atoms with van der Waals surface area (Å²) in [5.41, 5.74) is 1.58. The number of hydrogen-bond donors (Lipinski definition) is 1. The Kier molecular flexibility index (Phi) is 5.12. The highest BCUT2D eigenvalue weighted by atomic mass is 19.1. The van der Waals surface area contributed by atoms with Gasteiger partial charge in [-0.15, -0.1) is 0 Å². The minimum absolute atomic E-state index is 0.00754. The third-order valence-corrected chi connectivity index (χ3v) is 3.34. The number of aromatic nitrogens is 2. The second-order valence-electron chi connectivity index (χ2n) is 4.73. The molecule has 0 spiro atoms. The monoisotopic (exact) mass is 303 g/mol. The smallest absolute Gasteiger partial charge is 0.171 e. The maximum atomic E-state index is 13.4. The van der Waals surface area contributed by atoms with E-state index in [1.807, 2.05) is 13.8 Å². The first-order chi connectivity index (χ1) is 10.6. The fourth-order valence-corrected chi connectivity index (χ4v) is 2.28. The van der Waals surface area contributed by atoms with Crippen molar-refractivity contribution in [2.24, 2.45) is 0 Å². The number of hydrogen-bond acceptors (Lipinski definition) is 4. The molecule has 0 fully saturated rings. The van der Waals surface area contributed by atoms with Gasteiger partial charge in [0.1, 0.15) is 23.3 Å². The molecule has 0 aliphatic heterocycles. The molecule has 0 bridgehead atoms. The van der Waals surface area contributed by atoms with E-state index in [0.717, 1.165) is 11.4 Å². The van der Waals surface area contributed by atoms with Crippen LogP contribution in [0, 0.1) is 17.1 Å². The molecule has 5 nitrogen and oxygen atoms in total. The molecule has 116 valence electrons. The minimum Gasteiger partial charge on any atom is -0.453 e. The molecule has 0 radical (unpaired) electrons. The summed E-state index contributed by atoms with van der Waals surface area (Å²) >= 11 is 0. The minimum atomic E-state index is -0.572. The van der Waals surface area contributed by atoms with E-state index in [-0.39, 0.29) is 12.2 Å². The number of benzene rings is 1. The Morgan fingerprint density at radius 1 is 1.36 bits per heavy atom. The lowest BCUT2D eigenvalue weighted by atomic mass is 10.2. The van der Waals surface area contributed by atoms with Gasteiger partial charge < -0.3 is 9.84 Å². The topological polar surface area (TPSA) is 71.1 Å². The van der Waals surface area contributed by atoms with Crippen LogP contribution in [-0.2, 0) is 19.4 Å². The molecule has 6 heteroatoms. The van der Waals surface area contributed by atoms with Gasteiger partial charge >= 0.3 is 0 Å². The first kappa shape index (κ1) is 16.0. The molecular formula is C16H18FN3O2. The predicted molar refractivity (Wildman–Crippen MR) is 79.3 cm³/mol. The molecule has 0 atom stereocenters. The molecule has 0 aliphatic rings. The highest BCUT2D eigenvalue weighted by molar-refractivity contribution is 5.43. The third kappa shape index (κ3) is 3.10. The van der Waals surface area contributed by atoms with Gasteiger partial charge in [0, 0.05) is 6.07 Å². The van der Waals surface area contributed by atoms with Crippen LogP contribution in [0.25, 0.3) is 0 Å². The Morgan fingerprint density at radius 3 is 2.73 bits per heavy atom. The summed E-state index contributed by atoms with van der Waals surface area (Å²) in [6.07, 6.45) is 1.36. The Bertz CT molecular complexity index is 704. The zero-order valence-corrected chi connectivity index (χ0v) is 12.6. The lowest BCUT2D eigenvalue weighted by molar-refractivity contribution is 0.267. The van der Waals surface area contributed by atoms with E-state index < -0.39 is 5.82 Å². The number of aliphatic hydroxyl groups excluding tert-OH is 1. The van der Waals surface area contributed by atoms with E-state index >= 15 is 0 Å². The summed E-state index contributed by atoms with van der Waals surface area (Å²) in [5.74, 6) is 0.442. The number of aliphatic hydroxyl groups is 1. The quantitative estimate of drug-likeness (QED) is 0.890. The van der Waals surface area contributed by atoms with E-state index in [1.54, 1.807) is 10.8 Å². The van der Waals surface area contributed by atoms with Gasteiger partial charge in [-0.05, 0) is 25.0 Å². The molecule has 0 saturated carbocycles. The molecule has 1 aromatic carbocycles. The van der Waals surface area contributed by atoms with Crippen LogP contribution in [0.2, 0.25) is 0 Å². The van der Waals surface area contributed by atoms with Crippen molar-refractivity contribution in [2.75, 3.05) is 6.61 Å². The standard InChI is InChI=1S/C16H18FN3O2/c1-3-14-16(15(4-2)20(19-14)7-8-21)22-12-5-6-13(17)11(9-12)10-18/h5-6,9,21H,3-4,7-8H2,1-2H3. The number of rotatable bonds is 6. The lowest BCUT2D eigenvalue weighted by Crippen LogP contribution is -2.08. The molecule has 0 saturated heterocycles. The van der Waals surface area contributed by atoms with E-state index in [9.17, 15) is 4.39 Å². The maximum Gasteiger partial charge on any atom is 0.171 e. The third-order valence-electron chi connectivity index (χ3n) is 3.34. The van der Waals surface area contributed by atoms with Crippen molar-refractivity contribution in [1.29, 1.82) is 5.26 Å². The Balaban J connectivity index is 2.42. The first-order valence-electron chi connectivity index (χ1n) is 7.21. The molecular weight excluding hydrogens is 285 g/mol. The summed E-state index contributed by atoms with van der Waals surface area (Å²) in [7, 11) is 0. The van der Waals surface area contributed by atoms with Gasteiger partial charge in [0.15, 0.2) is 5.75 Å². The SMILES string of the molecule is CCc1nn(CCO)c(CC)c1Oc1ccc(F)c(C#N)c1. The van der Waals surface area contributed by atoms with Gasteiger partial charge in [0.05, 0.1) is 24.4 Å². The molecule has 0 unspecified atom stereocenters. The van der Waals surface area contributed by atoms with Gasteiger partial charge in [-0.25, -0.2) is 4.39 Å². The zero-order chi connectivity index (χ0) is 16.1. The van der Waals surface area contributed by atoms with Crippen LogP contribution in [0.1, 0.15) is 30.8 Å². The van der Waals surface area contributed by atoms with Gasteiger partial charge in [0.25, 0.3) is 0 Å². The van der Waals surface area contributed by atoms with Crippen LogP contribution in [0.5, 0.6) is 11.5 Å². The molecule has 22 heavy (non-hydrogen) atoms. The van der Waals surface area contributed by atoms with Crippen molar-refractivity contribution < 1.29 is 14.2 Å².